The number of aryl methyl sites for hydroxylation is 3. The third-order valence-corrected chi connectivity index (χ3v) is 3.85. The lowest BCUT2D eigenvalue weighted by molar-refractivity contribution is 0.571. The molecular weight excluding hydrogens is 273 g/mol. The van der Waals surface area contributed by atoms with Crippen LogP contribution < -0.4 is 5.32 Å². The first kappa shape index (κ1) is 15.0. The molecule has 0 aliphatic rings. The normalized spacial score (nSPS) is 12.5. The molecule has 0 aliphatic heterocycles. The minimum Gasteiger partial charge on any atom is -0.309 e. The van der Waals surface area contributed by atoms with E-state index in [1.807, 2.05) is 52.1 Å². The van der Waals surface area contributed by atoms with Crippen molar-refractivity contribution in [3.63, 3.8) is 0 Å². The first-order valence-electron chi connectivity index (χ1n) is 6.64. The molecule has 0 heterocycles. The van der Waals surface area contributed by atoms with Crippen molar-refractivity contribution in [2.45, 2.75) is 26.8 Å². The van der Waals surface area contributed by atoms with Gasteiger partial charge in [0.15, 0.2) is 0 Å². The van der Waals surface area contributed by atoms with E-state index in [9.17, 15) is 4.39 Å². The van der Waals surface area contributed by atoms with Gasteiger partial charge in [0.2, 0.25) is 0 Å². The zero-order valence-electron chi connectivity index (χ0n) is 12.2. The van der Waals surface area contributed by atoms with Crippen molar-refractivity contribution in [1.29, 1.82) is 0 Å². The second kappa shape index (κ2) is 5.94. The lowest BCUT2D eigenvalue weighted by Crippen LogP contribution is -2.21. The van der Waals surface area contributed by atoms with Crippen LogP contribution in [0, 0.1) is 26.6 Å². The SMILES string of the molecule is CNC(c1cc(Cl)ccc1C)c1c(C)cc(C)cc1F. The largest absolute Gasteiger partial charge is 0.309 e. The molecule has 0 saturated heterocycles. The second-order valence-corrected chi connectivity index (χ2v) is 5.64. The highest BCUT2D eigenvalue weighted by atomic mass is 35.5. The van der Waals surface area contributed by atoms with Gasteiger partial charge >= 0.3 is 0 Å². The maximum atomic E-state index is 14.4. The molecule has 0 spiro atoms. The van der Waals surface area contributed by atoms with Crippen molar-refractivity contribution in [2.75, 3.05) is 7.05 Å². The molecule has 0 fully saturated rings. The molecule has 1 nitrogen and oxygen atoms in total. The van der Waals surface area contributed by atoms with Crippen LogP contribution in [-0.2, 0) is 0 Å². The van der Waals surface area contributed by atoms with Crippen LogP contribution in [0.4, 0.5) is 4.39 Å². The minimum atomic E-state index is -0.200. The molecule has 1 N–H and O–H groups in total. The van der Waals surface area contributed by atoms with Crippen LogP contribution in [-0.4, -0.2) is 7.05 Å². The summed E-state index contributed by atoms with van der Waals surface area (Å²) < 4.78 is 14.4. The van der Waals surface area contributed by atoms with E-state index in [1.54, 1.807) is 6.07 Å². The van der Waals surface area contributed by atoms with Gasteiger partial charge in [0.05, 0.1) is 6.04 Å². The Bertz CT molecular complexity index is 614. The average Bonchev–Trinajstić information content (AvgIpc) is 2.37. The van der Waals surface area contributed by atoms with Gasteiger partial charge in [0, 0.05) is 10.6 Å². The van der Waals surface area contributed by atoms with Crippen LogP contribution in [0.5, 0.6) is 0 Å². The summed E-state index contributed by atoms with van der Waals surface area (Å²) in [5.74, 6) is -0.179. The van der Waals surface area contributed by atoms with Crippen molar-refractivity contribution < 1.29 is 4.39 Å². The molecule has 2 rings (SSSR count). The molecule has 0 saturated carbocycles. The number of halogens is 2. The van der Waals surface area contributed by atoms with Gasteiger partial charge in [-0.1, -0.05) is 23.7 Å². The van der Waals surface area contributed by atoms with E-state index in [4.69, 9.17) is 11.6 Å². The lowest BCUT2D eigenvalue weighted by Gasteiger charge is -2.22. The minimum absolute atomic E-state index is 0.179. The van der Waals surface area contributed by atoms with E-state index < -0.39 is 0 Å². The summed E-state index contributed by atoms with van der Waals surface area (Å²) in [6.07, 6.45) is 0. The highest BCUT2D eigenvalue weighted by molar-refractivity contribution is 6.30. The van der Waals surface area contributed by atoms with Gasteiger partial charge in [-0.15, -0.1) is 0 Å². The smallest absolute Gasteiger partial charge is 0.128 e. The molecule has 1 atom stereocenters. The molecule has 2 aromatic rings. The molecule has 0 radical (unpaired) electrons. The summed E-state index contributed by atoms with van der Waals surface area (Å²) >= 11 is 6.09. The van der Waals surface area contributed by atoms with Gasteiger partial charge in [0.25, 0.3) is 0 Å². The van der Waals surface area contributed by atoms with Crippen LogP contribution in [0.2, 0.25) is 5.02 Å². The number of nitrogens with one attached hydrogen (secondary N) is 1. The quantitative estimate of drug-likeness (QED) is 0.863. The molecule has 0 aliphatic carbocycles. The second-order valence-electron chi connectivity index (χ2n) is 5.20. The topological polar surface area (TPSA) is 12.0 Å². The molecule has 0 bridgehead atoms. The number of hydrogen-bond acceptors (Lipinski definition) is 1. The Hall–Kier alpha value is -1.38. The maximum Gasteiger partial charge on any atom is 0.128 e. The molecule has 3 heteroatoms. The van der Waals surface area contributed by atoms with Crippen LogP contribution in [0.3, 0.4) is 0 Å². The van der Waals surface area contributed by atoms with Gasteiger partial charge in [-0.05, 0) is 68.3 Å². The van der Waals surface area contributed by atoms with E-state index >= 15 is 0 Å². The summed E-state index contributed by atoms with van der Waals surface area (Å²) in [5, 5.41) is 3.87. The fourth-order valence-corrected chi connectivity index (χ4v) is 2.85. The lowest BCUT2D eigenvalue weighted by atomic mass is 9.91. The van der Waals surface area contributed by atoms with E-state index in [-0.39, 0.29) is 11.9 Å². The van der Waals surface area contributed by atoms with Crippen molar-refractivity contribution in [3.8, 4) is 0 Å². The third kappa shape index (κ3) is 2.87. The first-order valence-corrected chi connectivity index (χ1v) is 7.01. The number of benzene rings is 2. The summed E-state index contributed by atoms with van der Waals surface area (Å²) in [7, 11) is 1.84. The highest BCUT2D eigenvalue weighted by Gasteiger charge is 2.20. The van der Waals surface area contributed by atoms with E-state index in [2.05, 4.69) is 5.32 Å². The summed E-state index contributed by atoms with van der Waals surface area (Å²) in [4.78, 5) is 0. The predicted molar refractivity (Wildman–Crippen MR) is 83.0 cm³/mol. The highest BCUT2D eigenvalue weighted by Crippen LogP contribution is 2.31. The summed E-state index contributed by atoms with van der Waals surface area (Å²) in [6.45, 7) is 5.85. The Morgan fingerprint density at radius 1 is 1.05 bits per heavy atom. The third-order valence-electron chi connectivity index (χ3n) is 3.61. The molecule has 20 heavy (non-hydrogen) atoms. The van der Waals surface area contributed by atoms with Crippen molar-refractivity contribution >= 4 is 11.6 Å². The van der Waals surface area contributed by atoms with Crippen LogP contribution >= 0.6 is 11.6 Å². The van der Waals surface area contributed by atoms with Gasteiger partial charge in [-0.25, -0.2) is 4.39 Å². The Morgan fingerprint density at radius 3 is 2.35 bits per heavy atom. The van der Waals surface area contributed by atoms with Gasteiger partial charge in [-0.2, -0.15) is 0 Å². The molecule has 1 unspecified atom stereocenters. The van der Waals surface area contributed by atoms with E-state index in [1.165, 1.54) is 0 Å². The molecule has 106 valence electrons. The fraction of sp³-hybridized carbons (Fsp3) is 0.294. The van der Waals surface area contributed by atoms with Crippen molar-refractivity contribution in [3.05, 3.63) is 69.0 Å². The Labute approximate surface area is 124 Å². The van der Waals surface area contributed by atoms with Gasteiger partial charge in [-0.3, -0.25) is 0 Å². The number of rotatable bonds is 3. The van der Waals surface area contributed by atoms with Crippen LogP contribution in [0.25, 0.3) is 0 Å². The Balaban J connectivity index is 2.61. The van der Waals surface area contributed by atoms with E-state index in [0.29, 0.717) is 10.6 Å². The van der Waals surface area contributed by atoms with Crippen molar-refractivity contribution in [2.24, 2.45) is 0 Å². The summed E-state index contributed by atoms with van der Waals surface area (Å²) in [6, 6.07) is 9.09. The Morgan fingerprint density at radius 2 is 1.75 bits per heavy atom. The maximum absolute atomic E-state index is 14.4. The number of hydrogen-bond donors (Lipinski definition) is 1. The zero-order valence-corrected chi connectivity index (χ0v) is 13.0. The summed E-state index contributed by atoms with van der Waals surface area (Å²) in [5.41, 5.74) is 4.66. The van der Waals surface area contributed by atoms with E-state index in [0.717, 1.165) is 22.3 Å². The average molecular weight is 292 g/mol. The van der Waals surface area contributed by atoms with Crippen LogP contribution in [0.15, 0.2) is 30.3 Å². The standard InChI is InChI=1S/C17H19ClFN/c1-10-7-12(3)16(15(19)8-10)17(20-4)14-9-13(18)6-5-11(14)2/h5-9,17,20H,1-4H3. The first-order chi connectivity index (χ1) is 9.43. The van der Waals surface area contributed by atoms with Crippen LogP contribution in [0.1, 0.15) is 33.9 Å². The molecular formula is C17H19ClFN. The monoisotopic (exact) mass is 291 g/mol. The Kier molecular flexibility index (Phi) is 4.46. The van der Waals surface area contributed by atoms with Gasteiger partial charge in [0.1, 0.15) is 5.82 Å². The van der Waals surface area contributed by atoms with Crippen molar-refractivity contribution in [1.82, 2.24) is 5.32 Å². The zero-order chi connectivity index (χ0) is 14.9. The molecule has 0 aromatic heterocycles. The van der Waals surface area contributed by atoms with Gasteiger partial charge < -0.3 is 5.32 Å². The molecule has 2 aromatic carbocycles. The fourth-order valence-electron chi connectivity index (χ4n) is 2.67. The predicted octanol–water partition coefficient (Wildman–Crippen LogP) is 4.71. The molecule has 0 amide bonds.